The molecule has 0 saturated heterocycles. The Balaban J connectivity index is 0.00000121. The van der Waals surface area contributed by atoms with Crippen LogP contribution in [0.1, 0.15) is 37.0 Å². The second kappa shape index (κ2) is 15.3. The van der Waals surface area contributed by atoms with E-state index in [4.69, 9.17) is 11.2 Å². The number of nitrogens with zero attached hydrogens (tertiary/aromatic N) is 1. The maximum absolute atomic E-state index is 5.96. The van der Waals surface area contributed by atoms with Gasteiger partial charge in [-0.2, -0.15) is 0 Å². The first-order valence-corrected chi connectivity index (χ1v) is 10.5. The number of rotatable bonds is 8. The SMILES string of the molecule is [Au].[C-]#CC.[CH2-]N(C)CCOc1ccc(/C(=C(/CC)c2ccccc2)c2ccccc2)cc1. The summed E-state index contributed by atoms with van der Waals surface area (Å²) in [5.74, 6) is 2.88. The topological polar surface area (TPSA) is 12.5 Å². The molecule has 0 spiro atoms. The monoisotopic (exact) mass is 606 g/mol. The molecular weight excluding hydrogens is 575 g/mol. The fraction of sp³-hybridized carbons (Fsp3) is 0.207. The molecule has 32 heavy (non-hydrogen) atoms. The molecule has 0 amide bonds. The van der Waals surface area contributed by atoms with Gasteiger partial charge < -0.3 is 22.0 Å². The van der Waals surface area contributed by atoms with E-state index in [9.17, 15) is 0 Å². The van der Waals surface area contributed by atoms with Gasteiger partial charge in [0.1, 0.15) is 5.75 Å². The average molecular weight is 607 g/mol. The van der Waals surface area contributed by atoms with Crippen LogP contribution in [0.15, 0.2) is 84.9 Å². The van der Waals surface area contributed by atoms with Crippen LogP contribution in [0.3, 0.4) is 0 Å². The van der Waals surface area contributed by atoms with Gasteiger partial charge in [-0.25, -0.2) is 0 Å². The van der Waals surface area contributed by atoms with Crippen LogP contribution in [0, 0.1) is 19.4 Å². The molecule has 2 nitrogen and oxygen atoms in total. The van der Waals surface area contributed by atoms with Crippen LogP contribution in [-0.4, -0.2) is 25.1 Å². The van der Waals surface area contributed by atoms with Gasteiger partial charge in [-0.05, 0) is 60.4 Å². The van der Waals surface area contributed by atoms with E-state index in [1.807, 2.05) is 17.9 Å². The van der Waals surface area contributed by atoms with E-state index >= 15 is 0 Å². The zero-order chi connectivity index (χ0) is 22.5. The Bertz CT molecular complexity index is 971. The van der Waals surface area contributed by atoms with Gasteiger partial charge in [0.25, 0.3) is 0 Å². The Labute approximate surface area is 209 Å². The van der Waals surface area contributed by atoms with E-state index in [-0.39, 0.29) is 22.4 Å². The molecule has 0 aliphatic heterocycles. The van der Waals surface area contributed by atoms with Crippen LogP contribution in [0.4, 0.5) is 0 Å². The molecule has 3 aromatic rings. The summed E-state index contributed by atoms with van der Waals surface area (Å²) in [7, 11) is 5.79. The van der Waals surface area contributed by atoms with Crippen molar-refractivity contribution in [2.45, 2.75) is 20.3 Å². The minimum atomic E-state index is 0. The quantitative estimate of drug-likeness (QED) is 0.122. The van der Waals surface area contributed by atoms with E-state index in [0.29, 0.717) is 6.61 Å². The van der Waals surface area contributed by atoms with Crippen molar-refractivity contribution in [3.63, 3.8) is 0 Å². The Kier molecular flexibility index (Phi) is 13.1. The van der Waals surface area contributed by atoms with Crippen LogP contribution in [-0.2, 0) is 22.4 Å². The van der Waals surface area contributed by atoms with Gasteiger partial charge in [-0.1, -0.05) is 79.7 Å². The average Bonchev–Trinajstić information content (AvgIpc) is 2.79. The van der Waals surface area contributed by atoms with Gasteiger partial charge >= 0.3 is 0 Å². The number of likely N-dealkylation sites (N-methyl/N-ethyl adjacent to an activating group) is 1. The van der Waals surface area contributed by atoms with Crippen molar-refractivity contribution < 1.29 is 27.1 Å². The Hall–Kier alpha value is -2.54. The molecule has 3 heteroatoms. The first-order valence-electron chi connectivity index (χ1n) is 10.5. The third-order valence-electron chi connectivity index (χ3n) is 4.72. The van der Waals surface area contributed by atoms with Gasteiger partial charge in [-0.3, -0.25) is 7.05 Å². The van der Waals surface area contributed by atoms with E-state index in [1.165, 1.54) is 27.8 Å². The number of hydrogen-bond acceptors (Lipinski definition) is 2. The minimum Gasteiger partial charge on any atom is -0.694 e. The minimum absolute atomic E-state index is 0. The summed E-state index contributed by atoms with van der Waals surface area (Å²) in [4.78, 5) is 1.87. The standard InChI is InChI=1S/C26H28NO.C3H3.Au/c1-4-25(21-11-7-5-8-12-21)26(22-13-9-6-10-14-22)23-15-17-24(18-16-23)28-20-19-27(2)3;1-3-2;/h5-18H,2,4,19-20H2,1,3H3;1H3;/q2*-1;/b26-25-;;. The molecule has 0 heterocycles. The maximum atomic E-state index is 5.96. The molecule has 0 aliphatic carbocycles. The molecule has 0 aromatic heterocycles. The summed E-state index contributed by atoms with van der Waals surface area (Å²) in [5, 5.41) is 0. The van der Waals surface area contributed by atoms with Gasteiger partial charge in [0.2, 0.25) is 0 Å². The Morgan fingerprint density at radius 2 is 1.34 bits per heavy atom. The van der Waals surface area contributed by atoms with Crippen molar-refractivity contribution in [1.29, 1.82) is 0 Å². The second-order valence-electron chi connectivity index (χ2n) is 7.14. The smallest absolute Gasteiger partial charge is 0.119 e. The van der Waals surface area contributed by atoms with Gasteiger partial charge in [0.05, 0.1) is 6.61 Å². The van der Waals surface area contributed by atoms with Gasteiger partial charge in [0, 0.05) is 28.9 Å². The number of hydrogen-bond donors (Lipinski definition) is 0. The van der Waals surface area contributed by atoms with E-state index in [1.54, 1.807) is 6.92 Å². The van der Waals surface area contributed by atoms with Crippen LogP contribution < -0.4 is 4.74 Å². The summed E-state index contributed by atoms with van der Waals surface area (Å²) in [6.45, 7) is 5.19. The molecule has 3 aromatic carbocycles. The van der Waals surface area contributed by atoms with E-state index in [0.717, 1.165) is 18.7 Å². The molecule has 0 unspecified atom stereocenters. The van der Waals surface area contributed by atoms with E-state index in [2.05, 4.69) is 98.9 Å². The molecular formula is C29H31AuNO-2. The second-order valence-corrected chi connectivity index (χ2v) is 7.14. The van der Waals surface area contributed by atoms with Crippen molar-refractivity contribution in [3.8, 4) is 11.7 Å². The van der Waals surface area contributed by atoms with Crippen molar-refractivity contribution in [1.82, 2.24) is 4.90 Å². The van der Waals surface area contributed by atoms with Crippen molar-refractivity contribution in [2.24, 2.45) is 0 Å². The number of allylic oxidation sites excluding steroid dienone is 1. The molecule has 0 N–H and O–H groups in total. The summed E-state index contributed by atoms with van der Waals surface area (Å²) in [5.41, 5.74) is 6.32. The summed E-state index contributed by atoms with van der Waals surface area (Å²) >= 11 is 0. The summed E-state index contributed by atoms with van der Waals surface area (Å²) in [6.07, 6.45) is 6.92. The Morgan fingerprint density at radius 1 is 0.875 bits per heavy atom. The fourth-order valence-electron chi connectivity index (χ4n) is 3.32. The molecule has 0 saturated carbocycles. The van der Waals surface area contributed by atoms with E-state index < -0.39 is 0 Å². The van der Waals surface area contributed by atoms with Crippen LogP contribution in [0.25, 0.3) is 11.1 Å². The number of ether oxygens (including phenoxy) is 1. The molecule has 3 rings (SSSR count). The van der Waals surface area contributed by atoms with Crippen molar-refractivity contribution in [2.75, 3.05) is 20.2 Å². The van der Waals surface area contributed by atoms with Gasteiger partial charge in [0.15, 0.2) is 0 Å². The summed E-state index contributed by atoms with van der Waals surface area (Å²) in [6, 6.07) is 29.7. The zero-order valence-electron chi connectivity index (χ0n) is 19.1. The molecule has 0 atom stereocenters. The maximum Gasteiger partial charge on any atom is 0.119 e. The van der Waals surface area contributed by atoms with Crippen LogP contribution in [0.5, 0.6) is 5.75 Å². The van der Waals surface area contributed by atoms with Crippen molar-refractivity contribution >= 4 is 11.1 Å². The zero-order valence-corrected chi connectivity index (χ0v) is 21.2. The molecule has 0 fully saturated rings. The largest absolute Gasteiger partial charge is 0.694 e. The first-order chi connectivity index (χ1) is 15.1. The predicted octanol–water partition coefficient (Wildman–Crippen LogP) is 6.75. The van der Waals surface area contributed by atoms with Crippen LogP contribution >= 0.6 is 0 Å². The molecule has 0 aliphatic rings. The Morgan fingerprint density at radius 3 is 1.81 bits per heavy atom. The third kappa shape index (κ3) is 8.54. The van der Waals surface area contributed by atoms with Crippen LogP contribution in [0.2, 0.25) is 0 Å². The molecule has 0 bridgehead atoms. The fourth-order valence-corrected chi connectivity index (χ4v) is 3.32. The number of benzene rings is 3. The van der Waals surface area contributed by atoms with Gasteiger partial charge in [-0.15, -0.1) is 0 Å². The molecule has 1 radical (unpaired) electrons. The summed E-state index contributed by atoms with van der Waals surface area (Å²) < 4.78 is 5.83. The van der Waals surface area contributed by atoms with Crippen molar-refractivity contribution in [3.05, 3.63) is 115 Å². The third-order valence-corrected chi connectivity index (χ3v) is 4.72. The predicted molar refractivity (Wildman–Crippen MR) is 132 cm³/mol. The first kappa shape index (κ1) is 27.5. The normalized spacial score (nSPS) is 10.8. The molecule has 171 valence electrons.